The molecule has 1 heterocycles. The Morgan fingerprint density at radius 1 is 1.02 bits per heavy atom. The van der Waals surface area contributed by atoms with Crippen molar-refractivity contribution in [3.05, 3.63) is 80.7 Å². The van der Waals surface area contributed by atoms with Crippen LogP contribution in [0.25, 0.3) is 21.2 Å². The number of amides is 1. The van der Waals surface area contributed by atoms with Crippen LogP contribution in [0.5, 0.6) is 11.5 Å². The standard InChI is InChI=1S/C31H30F3IN2O3S/c1-36-22-10-12-23(13-11-22)37(30(38)29-28(35)25-5-3-4-6-27(25)41-29)18-21-17-20(9-16-26(21)39-2)19-7-14-24(15-8-19)40-31(32,33)34/h3-9,14-17,22-23,36H,10-13,18H2,1-2H3. The number of carbonyl (C=O) groups is 1. The number of nitrogens with one attached hydrogen (secondary N) is 1. The first-order valence-corrected chi connectivity index (χ1v) is 15.2. The lowest BCUT2D eigenvalue weighted by Gasteiger charge is -2.37. The summed E-state index contributed by atoms with van der Waals surface area (Å²) in [4.78, 5) is 17.0. The van der Waals surface area contributed by atoms with E-state index in [-0.39, 0.29) is 17.7 Å². The second-order valence-corrected chi connectivity index (χ2v) is 12.2. The molecule has 1 aliphatic rings. The highest BCUT2D eigenvalue weighted by molar-refractivity contribution is 14.1. The van der Waals surface area contributed by atoms with E-state index >= 15 is 0 Å². The number of methoxy groups -OCH3 is 1. The van der Waals surface area contributed by atoms with Gasteiger partial charge in [0.25, 0.3) is 5.91 Å². The number of halogens is 4. The van der Waals surface area contributed by atoms with E-state index in [0.29, 0.717) is 18.3 Å². The normalized spacial score (nSPS) is 17.4. The lowest BCUT2D eigenvalue weighted by Crippen LogP contribution is -2.44. The number of benzene rings is 3. The van der Waals surface area contributed by atoms with Crippen molar-refractivity contribution in [1.82, 2.24) is 10.2 Å². The molecule has 5 rings (SSSR count). The zero-order valence-corrected chi connectivity index (χ0v) is 25.6. The average molecular weight is 695 g/mol. The molecule has 0 spiro atoms. The van der Waals surface area contributed by atoms with E-state index in [9.17, 15) is 18.0 Å². The Kier molecular flexibility index (Phi) is 9.10. The maximum absolute atomic E-state index is 14.3. The second-order valence-electron chi connectivity index (χ2n) is 10.1. The van der Waals surface area contributed by atoms with E-state index in [1.54, 1.807) is 19.2 Å². The Balaban J connectivity index is 1.48. The summed E-state index contributed by atoms with van der Waals surface area (Å²) in [6, 6.07) is 20.0. The fourth-order valence-corrected chi connectivity index (χ4v) is 7.70. The number of ether oxygens (including phenoxy) is 2. The molecule has 0 radical (unpaired) electrons. The zero-order chi connectivity index (χ0) is 29.1. The summed E-state index contributed by atoms with van der Waals surface area (Å²) in [5.41, 5.74) is 2.37. The molecule has 216 valence electrons. The largest absolute Gasteiger partial charge is 0.573 e. The van der Waals surface area contributed by atoms with Crippen molar-refractivity contribution >= 4 is 49.9 Å². The molecule has 5 nitrogen and oxygen atoms in total. The molecule has 1 fully saturated rings. The van der Waals surface area contributed by atoms with E-state index in [1.807, 2.05) is 54.4 Å². The SMILES string of the molecule is CNC1CCC(N(Cc2cc(-c3ccc(OC(F)(F)F)cc3)ccc2OC)C(=O)c2sc3ccccc3c2I)CC1. The number of hydrogen-bond donors (Lipinski definition) is 1. The van der Waals surface area contributed by atoms with Crippen molar-refractivity contribution in [2.75, 3.05) is 14.2 Å². The molecule has 3 aromatic carbocycles. The summed E-state index contributed by atoms with van der Waals surface area (Å²) in [5.74, 6) is 0.380. The van der Waals surface area contributed by atoms with E-state index in [1.165, 1.54) is 23.5 Å². The van der Waals surface area contributed by atoms with Crippen molar-refractivity contribution in [3.8, 4) is 22.6 Å². The monoisotopic (exact) mass is 694 g/mol. The molecule has 1 aromatic heterocycles. The molecule has 1 aliphatic carbocycles. The molecule has 41 heavy (non-hydrogen) atoms. The van der Waals surface area contributed by atoms with Crippen LogP contribution in [0.4, 0.5) is 13.2 Å². The van der Waals surface area contributed by atoms with Gasteiger partial charge >= 0.3 is 6.36 Å². The van der Waals surface area contributed by atoms with E-state index in [4.69, 9.17) is 4.74 Å². The third-order valence-corrected chi connectivity index (χ3v) is 10.2. The molecule has 4 aromatic rings. The lowest BCUT2D eigenvalue weighted by molar-refractivity contribution is -0.274. The van der Waals surface area contributed by atoms with Crippen LogP contribution in [-0.4, -0.2) is 43.4 Å². The predicted molar refractivity (Wildman–Crippen MR) is 165 cm³/mol. The van der Waals surface area contributed by atoms with Crippen molar-refractivity contribution < 1.29 is 27.4 Å². The highest BCUT2D eigenvalue weighted by atomic mass is 127. The van der Waals surface area contributed by atoms with Crippen LogP contribution in [0.3, 0.4) is 0 Å². The third kappa shape index (κ3) is 6.81. The van der Waals surface area contributed by atoms with Crippen molar-refractivity contribution in [1.29, 1.82) is 0 Å². The third-order valence-electron chi connectivity index (χ3n) is 7.58. The number of rotatable bonds is 8. The Hall–Kier alpha value is -2.83. The zero-order valence-electron chi connectivity index (χ0n) is 22.6. The summed E-state index contributed by atoms with van der Waals surface area (Å²) in [5, 5.41) is 4.45. The predicted octanol–water partition coefficient (Wildman–Crippen LogP) is 8.25. The quantitative estimate of drug-likeness (QED) is 0.189. The molecule has 1 N–H and O–H groups in total. The van der Waals surface area contributed by atoms with Gasteiger partial charge in [-0.05, 0) is 96.8 Å². The first-order valence-electron chi connectivity index (χ1n) is 13.3. The van der Waals surface area contributed by atoms with Crippen LogP contribution >= 0.6 is 33.9 Å². The van der Waals surface area contributed by atoms with Gasteiger partial charge in [0.15, 0.2) is 0 Å². The molecular weight excluding hydrogens is 664 g/mol. The number of carbonyl (C=O) groups excluding carboxylic acids is 1. The van der Waals surface area contributed by atoms with Crippen LogP contribution in [0.2, 0.25) is 0 Å². The minimum atomic E-state index is -4.75. The minimum Gasteiger partial charge on any atom is -0.496 e. The molecule has 10 heteroatoms. The molecule has 0 aliphatic heterocycles. The number of alkyl halides is 3. The van der Waals surface area contributed by atoms with Crippen LogP contribution in [0.1, 0.15) is 40.9 Å². The first-order chi connectivity index (χ1) is 19.7. The number of fused-ring (bicyclic) bond motifs is 1. The van der Waals surface area contributed by atoms with Gasteiger partial charge in [-0.2, -0.15) is 0 Å². The molecule has 0 bridgehead atoms. The molecule has 0 atom stereocenters. The van der Waals surface area contributed by atoms with Gasteiger partial charge in [-0.25, -0.2) is 0 Å². The molecule has 1 amide bonds. The highest BCUT2D eigenvalue weighted by Crippen LogP contribution is 2.37. The highest BCUT2D eigenvalue weighted by Gasteiger charge is 2.33. The smallest absolute Gasteiger partial charge is 0.496 e. The van der Waals surface area contributed by atoms with Gasteiger partial charge in [0.1, 0.15) is 16.4 Å². The van der Waals surface area contributed by atoms with Gasteiger partial charge in [0, 0.05) is 37.8 Å². The summed E-state index contributed by atoms with van der Waals surface area (Å²) in [6.45, 7) is 0.352. The Bertz CT molecular complexity index is 1520. The first kappa shape index (κ1) is 29.7. The maximum Gasteiger partial charge on any atom is 0.573 e. The van der Waals surface area contributed by atoms with Gasteiger partial charge in [-0.3, -0.25) is 4.79 Å². The molecule has 0 unspecified atom stereocenters. The Morgan fingerprint density at radius 2 is 1.71 bits per heavy atom. The second kappa shape index (κ2) is 12.6. The van der Waals surface area contributed by atoms with Crippen molar-refractivity contribution in [2.45, 2.75) is 50.7 Å². The molecular formula is C31H30F3IN2O3S. The number of hydrogen-bond acceptors (Lipinski definition) is 5. The van der Waals surface area contributed by atoms with E-state index in [2.05, 4.69) is 32.6 Å². The topological polar surface area (TPSA) is 50.8 Å². The van der Waals surface area contributed by atoms with Crippen molar-refractivity contribution in [3.63, 3.8) is 0 Å². The Morgan fingerprint density at radius 3 is 2.34 bits per heavy atom. The minimum absolute atomic E-state index is 0.00427. The summed E-state index contributed by atoms with van der Waals surface area (Å²) in [6.07, 6.45) is -0.998. The molecule has 0 saturated heterocycles. The summed E-state index contributed by atoms with van der Waals surface area (Å²) in [7, 11) is 3.58. The summed E-state index contributed by atoms with van der Waals surface area (Å²) < 4.78 is 49.6. The average Bonchev–Trinajstić information content (AvgIpc) is 3.31. The van der Waals surface area contributed by atoms with Gasteiger partial charge < -0.3 is 19.7 Å². The van der Waals surface area contributed by atoms with E-state index in [0.717, 1.165) is 60.9 Å². The van der Waals surface area contributed by atoms with Gasteiger partial charge in [0.05, 0.1) is 7.11 Å². The fraction of sp³-hybridized carbons (Fsp3) is 0.323. The Labute approximate surface area is 254 Å². The van der Waals surface area contributed by atoms with E-state index < -0.39 is 6.36 Å². The van der Waals surface area contributed by atoms with Gasteiger partial charge in [-0.15, -0.1) is 24.5 Å². The number of thiophene rings is 1. The van der Waals surface area contributed by atoms with Crippen molar-refractivity contribution in [2.24, 2.45) is 0 Å². The maximum atomic E-state index is 14.3. The van der Waals surface area contributed by atoms with Crippen LogP contribution in [0.15, 0.2) is 66.7 Å². The van der Waals surface area contributed by atoms with Crippen LogP contribution < -0.4 is 14.8 Å². The summed E-state index contributed by atoms with van der Waals surface area (Å²) >= 11 is 3.80. The molecule has 1 saturated carbocycles. The van der Waals surface area contributed by atoms with Crippen LogP contribution in [-0.2, 0) is 6.54 Å². The van der Waals surface area contributed by atoms with Gasteiger partial charge in [-0.1, -0.05) is 36.4 Å². The lowest BCUT2D eigenvalue weighted by atomic mass is 9.89. The number of nitrogens with zero attached hydrogens (tertiary/aromatic N) is 1. The fourth-order valence-electron chi connectivity index (χ4n) is 5.44. The van der Waals surface area contributed by atoms with Crippen LogP contribution in [0, 0.1) is 3.57 Å². The van der Waals surface area contributed by atoms with Gasteiger partial charge in [0.2, 0.25) is 0 Å².